The molecule has 1 aromatic rings. The van der Waals surface area contributed by atoms with Crippen LogP contribution in [0.1, 0.15) is 27.7 Å². The molecule has 0 radical (unpaired) electrons. The third-order valence-corrected chi connectivity index (χ3v) is 6.31. The summed E-state index contributed by atoms with van der Waals surface area (Å²) in [6.45, 7) is 7.81. The lowest BCUT2D eigenvalue weighted by Crippen LogP contribution is -2.41. The van der Waals surface area contributed by atoms with E-state index in [-0.39, 0.29) is 4.90 Å². The summed E-state index contributed by atoms with van der Waals surface area (Å²) in [7, 11) is 0.153. The van der Waals surface area contributed by atoms with Crippen molar-refractivity contribution in [2.75, 3.05) is 21.2 Å². The van der Waals surface area contributed by atoms with Gasteiger partial charge in [0.15, 0.2) is 0 Å². The highest BCUT2D eigenvalue weighted by atomic mass is 32.2. The molecule has 0 aromatic heterocycles. The summed E-state index contributed by atoms with van der Waals surface area (Å²) < 4.78 is 43.3. The van der Waals surface area contributed by atoms with Crippen LogP contribution in [0.4, 0.5) is 0 Å². The number of hydrogen-bond acceptors (Lipinski definition) is 5. The molecule has 23 heavy (non-hydrogen) atoms. The number of ether oxygens (including phenoxy) is 1. The van der Waals surface area contributed by atoms with Gasteiger partial charge < -0.3 is 14.0 Å². The molecule has 0 spiro atoms. The molecule has 128 valence electrons. The van der Waals surface area contributed by atoms with Crippen LogP contribution >= 0.6 is 0 Å². The van der Waals surface area contributed by atoms with E-state index in [0.29, 0.717) is 11.2 Å². The van der Waals surface area contributed by atoms with E-state index < -0.39 is 28.3 Å². The molecule has 0 unspecified atom stereocenters. The normalized spacial score (nSPS) is 20.1. The molecule has 2 rings (SSSR count). The van der Waals surface area contributed by atoms with Gasteiger partial charge in [0.1, 0.15) is 10.6 Å². The van der Waals surface area contributed by atoms with E-state index >= 15 is 0 Å². The summed E-state index contributed by atoms with van der Waals surface area (Å²) in [4.78, 5) is 0.0946. The summed E-state index contributed by atoms with van der Waals surface area (Å²) in [6, 6.07) is 4.93. The van der Waals surface area contributed by atoms with Crippen LogP contribution in [0.15, 0.2) is 23.1 Å². The van der Waals surface area contributed by atoms with Gasteiger partial charge >= 0.3 is 7.12 Å². The Morgan fingerprint density at radius 3 is 2.04 bits per heavy atom. The second kappa shape index (κ2) is 5.77. The molecular weight excluding hydrogens is 317 g/mol. The first-order chi connectivity index (χ1) is 10.4. The molecule has 6 nitrogen and oxygen atoms in total. The van der Waals surface area contributed by atoms with E-state index in [0.717, 1.165) is 4.31 Å². The zero-order valence-electron chi connectivity index (χ0n) is 14.7. The maximum atomic E-state index is 12.5. The van der Waals surface area contributed by atoms with Gasteiger partial charge in [0, 0.05) is 14.1 Å². The quantitative estimate of drug-likeness (QED) is 0.771. The maximum absolute atomic E-state index is 12.5. The van der Waals surface area contributed by atoms with Gasteiger partial charge in [-0.2, -0.15) is 0 Å². The van der Waals surface area contributed by atoms with Gasteiger partial charge in [-0.3, -0.25) is 0 Å². The van der Waals surface area contributed by atoms with E-state index in [2.05, 4.69) is 0 Å². The fraction of sp³-hybridized carbons (Fsp3) is 0.600. The smallest absolute Gasteiger partial charge is 0.494 e. The van der Waals surface area contributed by atoms with Crippen molar-refractivity contribution < 1.29 is 22.5 Å². The summed E-state index contributed by atoms with van der Waals surface area (Å²) in [6.07, 6.45) is 0. The largest absolute Gasteiger partial charge is 0.495 e. The van der Waals surface area contributed by atoms with E-state index in [1.807, 2.05) is 27.7 Å². The average Bonchev–Trinajstić information content (AvgIpc) is 2.66. The van der Waals surface area contributed by atoms with Gasteiger partial charge in [0.25, 0.3) is 0 Å². The summed E-state index contributed by atoms with van der Waals surface area (Å²) in [5.74, 6) is 0.291. The van der Waals surface area contributed by atoms with Gasteiger partial charge in [-0.25, -0.2) is 12.7 Å². The Balaban J connectivity index is 2.48. The first-order valence-corrected chi connectivity index (χ1v) is 8.82. The zero-order valence-corrected chi connectivity index (χ0v) is 15.5. The van der Waals surface area contributed by atoms with Crippen molar-refractivity contribution in [2.45, 2.75) is 43.8 Å². The van der Waals surface area contributed by atoms with Crippen molar-refractivity contribution in [3.05, 3.63) is 18.2 Å². The third-order valence-electron chi connectivity index (χ3n) is 4.47. The molecule has 1 fully saturated rings. The molecule has 1 aliphatic rings. The number of rotatable bonds is 4. The maximum Gasteiger partial charge on any atom is 0.494 e. The van der Waals surface area contributed by atoms with Crippen LogP contribution in [0.5, 0.6) is 5.75 Å². The molecule has 1 aromatic carbocycles. The molecule has 8 heteroatoms. The lowest BCUT2D eigenvalue weighted by Gasteiger charge is -2.32. The van der Waals surface area contributed by atoms with Crippen molar-refractivity contribution in [1.29, 1.82) is 0 Å². The standard InChI is InChI=1S/C15H24BNO5S/c1-14(2)15(3,4)22-16(21-14)11-8-9-12(20-7)13(10-11)23(18,19)17(5)6/h8-10H,1-7H3. The molecule has 1 heterocycles. The summed E-state index contributed by atoms with van der Waals surface area (Å²) >= 11 is 0. The van der Waals surface area contributed by atoms with Crippen LogP contribution in [0.2, 0.25) is 0 Å². The van der Waals surface area contributed by atoms with Crippen LogP contribution in [-0.4, -0.2) is 52.2 Å². The van der Waals surface area contributed by atoms with Crippen molar-refractivity contribution in [3.63, 3.8) is 0 Å². The Morgan fingerprint density at radius 1 is 1.09 bits per heavy atom. The number of sulfonamides is 1. The van der Waals surface area contributed by atoms with Gasteiger partial charge in [0.05, 0.1) is 18.3 Å². The monoisotopic (exact) mass is 341 g/mol. The average molecular weight is 341 g/mol. The topological polar surface area (TPSA) is 65.1 Å². The Morgan fingerprint density at radius 2 is 1.61 bits per heavy atom. The number of hydrogen-bond donors (Lipinski definition) is 0. The molecule has 0 bridgehead atoms. The summed E-state index contributed by atoms with van der Waals surface area (Å²) in [5, 5.41) is 0. The third kappa shape index (κ3) is 3.13. The Bertz CT molecular complexity index is 684. The highest BCUT2D eigenvalue weighted by molar-refractivity contribution is 7.89. The van der Waals surface area contributed by atoms with Gasteiger partial charge in [-0.1, -0.05) is 6.07 Å². The minimum atomic E-state index is -3.63. The molecule has 0 saturated carbocycles. The van der Waals surface area contributed by atoms with Crippen molar-refractivity contribution in [1.82, 2.24) is 4.31 Å². The van der Waals surface area contributed by atoms with E-state index in [1.165, 1.54) is 21.2 Å². The molecule has 0 N–H and O–H groups in total. The van der Waals surface area contributed by atoms with Crippen LogP contribution in [0, 0.1) is 0 Å². The Kier molecular flexibility index (Phi) is 4.58. The van der Waals surface area contributed by atoms with Crippen LogP contribution in [0.3, 0.4) is 0 Å². The summed E-state index contributed by atoms with van der Waals surface area (Å²) in [5.41, 5.74) is -0.332. The van der Waals surface area contributed by atoms with Crippen LogP contribution in [-0.2, 0) is 19.3 Å². The predicted molar refractivity (Wildman–Crippen MR) is 89.6 cm³/mol. The number of methoxy groups -OCH3 is 1. The molecular formula is C15H24BNO5S. The van der Waals surface area contributed by atoms with Crippen LogP contribution < -0.4 is 10.2 Å². The highest BCUT2D eigenvalue weighted by Crippen LogP contribution is 2.37. The van der Waals surface area contributed by atoms with Gasteiger partial charge in [0.2, 0.25) is 10.0 Å². The lowest BCUT2D eigenvalue weighted by atomic mass is 9.79. The first kappa shape index (κ1) is 18.3. The fourth-order valence-electron chi connectivity index (χ4n) is 2.22. The van der Waals surface area contributed by atoms with Crippen LogP contribution in [0.25, 0.3) is 0 Å². The molecule has 1 saturated heterocycles. The SMILES string of the molecule is COc1ccc(B2OC(C)(C)C(C)(C)O2)cc1S(=O)(=O)N(C)C. The number of benzene rings is 1. The Labute approximate surface area is 138 Å². The first-order valence-electron chi connectivity index (χ1n) is 7.38. The minimum absolute atomic E-state index is 0.0946. The number of nitrogens with zero attached hydrogens (tertiary/aromatic N) is 1. The van der Waals surface area contributed by atoms with Gasteiger partial charge in [-0.15, -0.1) is 0 Å². The predicted octanol–water partition coefficient (Wildman–Crippen LogP) is 1.24. The fourth-order valence-corrected chi connectivity index (χ4v) is 3.30. The van der Waals surface area contributed by atoms with Crippen molar-refractivity contribution >= 4 is 22.6 Å². The minimum Gasteiger partial charge on any atom is -0.495 e. The Hall–Kier alpha value is -1.09. The lowest BCUT2D eigenvalue weighted by molar-refractivity contribution is 0.00578. The van der Waals surface area contributed by atoms with E-state index in [9.17, 15) is 8.42 Å². The van der Waals surface area contributed by atoms with E-state index in [4.69, 9.17) is 14.0 Å². The van der Waals surface area contributed by atoms with Gasteiger partial charge in [-0.05, 0) is 45.3 Å². The zero-order chi connectivity index (χ0) is 17.6. The molecule has 0 amide bonds. The molecule has 0 aliphatic carbocycles. The highest BCUT2D eigenvalue weighted by Gasteiger charge is 2.51. The molecule has 0 atom stereocenters. The second-order valence-electron chi connectivity index (χ2n) is 6.79. The van der Waals surface area contributed by atoms with E-state index in [1.54, 1.807) is 18.2 Å². The molecule has 1 aliphatic heterocycles. The van der Waals surface area contributed by atoms with Crippen molar-refractivity contribution in [2.24, 2.45) is 0 Å². The van der Waals surface area contributed by atoms with Crippen molar-refractivity contribution in [3.8, 4) is 5.75 Å². The second-order valence-corrected chi connectivity index (χ2v) is 8.91.